The Morgan fingerprint density at radius 1 is 1.35 bits per heavy atom. The zero-order valence-electron chi connectivity index (χ0n) is 11.0. The maximum atomic E-state index is 5.78. The summed E-state index contributed by atoms with van der Waals surface area (Å²) in [5.41, 5.74) is 0.0915. The Labute approximate surface area is 103 Å². The molecule has 2 rings (SSSR count). The molecule has 0 atom stereocenters. The average Bonchev–Trinajstić information content (AvgIpc) is 2.70. The van der Waals surface area contributed by atoms with Crippen LogP contribution in [0.1, 0.15) is 25.4 Å². The summed E-state index contributed by atoms with van der Waals surface area (Å²) in [6.07, 6.45) is 0. The topological polar surface area (TPSA) is 37.6 Å². The highest BCUT2D eigenvalue weighted by molar-refractivity contribution is 5.07. The second-order valence-corrected chi connectivity index (χ2v) is 5.18. The molecule has 0 saturated carbocycles. The summed E-state index contributed by atoms with van der Waals surface area (Å²) in [5.74, 6) is 2.03. The number of hydrogen-bond acceptors (Lipinski definition) is 4. The van der Waals surface area contributed by atoms with E-state index in [0.29, 0.717) is 0 Å². The summed E-state index contributed by atoms with van der Waals surface area (Å²) in [6.45, 7) is 8.64. The van der Waals surface area contributed by atoms with Crippen LogP contribution < -0.4 is 5.32 Å². The van der Waals surface area contributed by atoms with Crippen LogP contribution in [0.15, 0.2) is 16.5 Å². The van der Waals surface area contributed by atoms with E-state index in [2.05, 4.69) is 30.1 Å². The fourth-order valence-corrected chi connectivity index (χ4v) is 2.15. The SMILES string of the molecule is CNCc1ccc(CN2CCOCC2(C)C)o1. The van der Waals surface area contributed by atoms with E-state index < -0.39 is 0 Å². The number of nitrogens with zero attached hydrogens (tertiary/aromatic N) is 1. The van der Waals surface area contributed by atoms with Gasteiger partial charge in [-0.15, -0.1) is 0 Å². The standard InChI is InChI=1S/C13H22N2O2/c1-13(2)10-16-7-6-15(13)9-12-5-4-11(17-12)8-14-3/h4-5,14H,6-10H2,1-3H3. The Bertz CT molecular complexity index is 360. The molecule has 2 heterocycles. The number of morpholine rings is 1. The molecule has 1 fully saturated rings. The molecule has 1 aliphatic rings. The van der Waals surface area contributed by atoms with E-state index in [9.17, 15) is 0 Å². The van der Waals surface area contributed by atoms with Gasteiger partial charge in [0.25, 0.3) is 0 Å². The summed E-state index contributed by atoms with van der Waals surface area (Å²) in [6, 6.07) is 4.11. The highest BCUT2D eigenvalue weighted by atomic mass is 16.5. The third-order valence-corrected chi connectivity index (χ3v) is 3.23. The van der Waals surface area contributed by atoms with Gasteiger partial charge >= 0.3 is 0 Å². The number of hydrogen-bond donors (Lipinski definition) is 1. The Kier molecular flexibility index (Phi) is 3.86. The van der Waals surface area contributed by atoms with E-state index in [1.165, 1.54) is 0 Å². The minimum Gasteiger partial charge on any atom is -0.463 e. The molecule has 4 heteroatoms. The first-order valence-corrected chi connectivity index (χ1v) is 6.17. The molecule has 0 radical (unpaired) electrons. The maximum absolute atomic E-state index is 5.78. The zero-order valence-corrected chi connectivity index (χ0v) is 11.0. The van der Waals surface area contributed by atoms with Crippen LogP contribution in [0.25, 0.3) is 0 Å². The van der Waals surface area contributed by atoms with Gasteiger partial charge in [0.05, 0.1) is 26.3 Å². The van der Waals surface area contributed by atoms with E-state index >= 15 is 0 Å². The quantitative estimate of drug-likeness (QED) is 0.865. The number of ether oxygens (including phenoxy) is 1. The van der Waals surface area contributed by atoms with Crippen molar-refractivity contribution >= 4 is 0 Å². The van der Waals surface area contributed by atoms with Crippen LogP contribution in [0.5, 0.6) is 0 Å². The number of rotatable bonds is 4. The summed E-state index contributed by atoms with van der Waals surface area (Å²) < 4.78 is 11.3. The van der Waals surface area contributed by atoms with Gasteiger partial charge in [-0.1, -0.05) is 0 Å². The van der Waals surface area contributed by atoms with Crippen LogP contribution in [0, 0.1) is 0 Å². The molecule has 17 heavy (non-hydrogen) atoms. The van der Waals surface area contributed by atoms with E-state index in [1.807, 2.05) is 13.1 Å². The lowest BCUT2D eigenvalue weighted by Crippen LogP contribution is -2.52. The smallest absolute Gasteiger partial charge is 0.118 e. The Morgan fingerprint density at radius 3 is 2.82 bits per heavy atom. The minimum atomic E-state index is 0.0915. The Hall–Kier alpha value is -0.840. The van der Waals surface area contributed by atoms with E-state index in [0.717, 1.165) is 44.4 Å². The predicted molar refractivity (Wildman–Crippen MR) is 66.8 cm³/mol. The van der Waals surface area contributed by atoms with Crippen LogP contribution in [0.2, 0.25) is 0 Å². The fraction of sp³-hybridized carbons (Fsp3) is 0.692. The lowest BCUT2D eigenvalue weighted by Gasteiger charge is -2.41. The van der Waals surface area contributed by atoms with Crippen molar-refractivity contribution in [2.45, 2.75) is 32.5 Å². The molecule has 1 aliphatic heterocycles. The van der Waals surface area contributed by atoms with Crippen molar-refractivity contribution in [2.24, 2.45) is 0 Å². The van der Waals surface area contributed by atoms with Gasteiger partial charge in [0.2, 0.25) is 0 Å². The summed E-state index contributed by atoms with van der Waals surface area (Å²) in [5, 5.41) is 3.09. The summed E-state index contributed by atoms with van der Waals surface area (Å²) in [4.78, 5) is 2.42. The molecule has 4 nitrogen and oxygen atoms in total. The Balaban J connectivity index is 1.98. The molecule has 0 bridgehead atoms. The van der Waals surface area contributed by atoms with Gasteiger partial charge in [-0.25, -0.2) is 0 Å². The van der Waals surface area contributed by atoms with Crippen LogP contribution in [0.4, 0.5) is 0 Å². The molecule has 0 aromatic carbocycles. The van der Waals surface area contributed by atoms with Crippen LogP contribution in [-0.4, -0.2) is 37.2 Å². The van der Waals surface area contributed by atoms with E-state index in [-0.39, 0.29) is 5.54 Å². The third-order valence-electron chi connectivity index (χ3n) is 3.23. The molecule has 1 aromatic rings. The van der Waals surface area contributed by atoms with Crippen molar-refractivity contribution in [3.63, 3.8) is 0 Å². The van der Waals surface area contributed by atoms with E-state index in [1.54, 1.807) is 0 Å². The van der Waals surface area contributed by atoms with Crippen molar-refractivity contribution in [1.82, 2.24) is 10.2 Å². The summed E-state index contributed by atoms with van der Waals surface area (Å²) >= 11 is 0. The average molecular weight is 238 g/mol. The highest BCUT2D eigenvalue weighted by Gasteiger charge is 2.30. The molecule has 96 valence electrons. The second kappa shape index (κ2) is 5.21. The highest BCUT2D eigenvalue weighted by Crippen LogP contribution is 2.22. The van der Waals surface area contributed by atoms with Crippen molar-refractivity contribution in [1.29, 1.82) is 0 Å². The Morgan fingerprint density at radius 2 is 2.12 bits per heavy atom. The van der Waals surface area contributed by atoms with Crippen LogP contribution in [0.3, 0.4) is 0 Å². The first-order valence-electron chi connectivity index (χ1n) is 6.17. The zero-order chi connectivity index (χ0) is 12.3. The molecule has 0 amide bonds. The van der Waals surface area contributed by atoms with Gasteiger partial charge in [-0.05, 0) is 33.0 Å². The molecule has 0 spiro atoms. The largest absolute Gasteiger partial charge is 0.463 e. The number of nitrogens with one attached hydrogen (secondary N) is 1. The molecule has 1 aromatic heterocycles. The van der Waals surface area contributed by atoms with Gasteiger partial charge < -0.3 is 14.5 Å². The van der Waals surface area contributed by atoms with Crippen LogP contribution >= 0.6 is 0 Å². The van der Waals surface area contributed by atoms with Gasteiger partial charge in [-0.3, -0.25) is 4.90 Å². The third kappa shape index (κ3) is 3.09. The van der Waals surface area contributed by atoms with Crippen molar-refractivity contribution in [2.75, 3.05) is 26.8 Å². The van der Waals surface area contributed by atoms with Crippen molar-refractivity contribution in [3.8, 4) is 0 Å². The number of furan rings is 1. The molecular formula is C13H22N2O2. The maximum Gasteiger partial charge on any atom is 0.118 e. The van der Waals surface area contributed by atoms with Crippen molar-refractivity contribution in [3.05, 3.63) is 23.7 Å². The lowest BCUT2D eigenvalue weighted by molar-refractivity contribution is -0.0578. The van der Waals surface area contributed by atoms with E-state index in [4.69, 9.17) is 9.15 Å². The first kappa shape index (κ1) is 12.6. The lowest BCUT2D eigenvalue weighted by atomic mass is 10.0. The molecule has 0 unspecified atom stereocenters. The molecule has 1 N–H and O–H groups in total. The fourth-order valence-electron chi connectivity index (χ4n) is 2.15. The first-order chi connectivity index (χ1) is 8.12. The normalized spacial score (nSPS) is 20.6. The predicted octanol–water partition coefficient (Wildman–Crippen LogP) is 1.61. The molecule has 1 saturated heterocycles. The van der Waals surface area contributed by atoms with Gasteiger partial charge in [-0.2, -0.15) is 0 Å². The second-order valence-electron chi connectivity index (χ2n) is 5.18. The van der Waals surface area contributed by atoms with Gasteiger partial charge in [0, 0.05) is 12.1 Å². The summed E-state index contributed by atoms with van der Waals surface area (Å²) in [7, 11) is 1.92. The monoisotopic (exact) mass is 238 g/mol. The van der Waals surface area contributed by atoms with Gasteiger partial charge in [0.15, 0.2) is 0 Å². The van der Waals surface area contributed by atoms with Gasteiger partial charge in [0.1, 0.15) is 11.5 Å². The van der Waals surface area contributed by atoms with Crippen molar-refractivity contribution < 1.29 is 9.15 Å². The minimum absolute atomic E-state index is 0.0915. The van der Waals surface area contributed by atoms with Crippen LogP contribution in [-0.2, 0) is 17.8 Å². The molecular weight excluding hydrogens is 216 g/mol. The molecule has 0 aliphatic carbocycles.